The van der Waals surface area contributed by atoms with Gasteiger partial charge in [-0.25, -0.2) is 4.98 Å². The van der Waals surface area contributed by atoms with Crippen LogP contribution in [-0.2, 0) is 6.54 Å². The van der Waals surface area contributed by atoms with Gasteiger partial charge in [0.1, 0.15) is 6.26 Å². The number of hydrogen-bond donors (Lipinski definition) is 1. The summed E-state index contributed by atoms with van der Waals surface area (Å²) in [7, 11) is 0. The van der Waals surface area contributed by atoms with E-state index in [0.29, 0.717) is 30.6 Å². The molecule has 6 nitrogen and oxygen atoms in total. The lowest BCUT2D eigenvalue weighted by molar-refractivity contribution is 0.0946. The van der Waals surface area contributed by atoms with Crippen molar-refractivity contribution >= 4 is 5.91 Å². The number of nitrogens with zero attached hydrogens (tertiary/aromatic N) is 3. The molecule has 1 aliphatic rings. The monoisotopic (exact) mass is 336 g/mol. The molecule has 0 radical (unpaired) electrons. The maximum atomic E-state index is 12.0. The lowest BCUT2D eigenvalue weighted by atomic mass is 10.1. The Balaban J connectivity index is 1.73. The van der Waals surface area contributed by atoms with Crippen molar-refractivity contribution in [2.45, 2.75) is 46.6 Å². The first-order valence-electron chi connectivity index (χ1n) is 9.25. The number of nitrogens with one attached hydrogen (secondary N) is 1. The quantitative estimate of drug-likeness (QED) is 0.750. The third-order valence-electron chi connectivity index (χ3n) is 4.44. The Kier molecular flexibility index (Phi) is 7.72. The van der Waals surface area contributed by atoms with Gasteiger partial charge in [-0.1, -0.05) is 27.2 Å². The van der Waals surface area contributed by atoms with Gasteiger partial charge < -0.3 is 14.6 Å². The van der Waals surface area contributed by atoms with Gasteiger partial charge in [-0.15, -0.1) is 0 Å². The summed E-state index contributed by atoms with van der Waals surface area (Å²) in [6.07, 6.45) is 4.96. The SMILES string of the molecule is CCCCN1CCN(Cc2nc(C(=O)NCCC(C)C)co2)CC1. The van der Waals surface area contributed by atoms with E-state index in [2.05, 4.69) is 40.9 Å². The predicted molar refractivity (Wildman–Crippen MR) is 94.9 cm³/mol. The normalized spacial score (nSPS) is 16.7. The van der Waals surface area contributed by atoms with E-state index in [4.69, 9.17) is 4.42 Å². The van der Waals surface area contributed by atoms with Gasteiger partial charge in [0.2, 0.25) is 5.89 Å². The highest BCUT2D eigenvalue weighted by molar-refractivity contribution is 5.91. The molecule has 0 saturated carbocycles. The highest BCUT2D eigenvalue weighted by Gasteiger charge is 2.19. The second-order valence-corrected chi connectivity index (χ2v) is 7.04. The number of hydrogen-bond acceptors (Lipinski definition) is 5. The fourth-order valence-electron chi connectivity index (χ4n) is 2.80. The number of amides is 1. The zero-order chi connectivity index (χ0) is 17.4. The van der Waals surface area contributed by atoms with Crippen LogP contribution in [0.1, 0.15) is 56.4 Å². The van der Waals surface area contributed by atoms with Crippen molar-refractivity contribution in [3.8, 4) is 0 Å². The maximum Gasteiger partial charge on any atom is 0.273 e. The topological polar surface area (TPSA) is 61.6 Å². The van der Waals surface area contributed by atoms with E-state index >= 15 is 0 Å². The summed E-state index contributed by atoms with van der Waals surface area (Å²) in [6.45, 7) is 13.3. The van der Waals surface area contributed by atoms with Gasteiger partial charge in [-0.2, -0.15) is 0 Å². The molecule has 6 heteroatoms. The average molecular weight is 336 g/mol. The molecule has 2 rings (SSSR count). The van der Waals surface area contributed by atoms with E-state index in [0.717, 1.165) is 32.6 Å². The first-order chi connectivity index (χ1) is 11.6. The van der Waals surface area contributed by atoms with Gasteiger partial charge in [0.15, 0.2) is 5.69 Å². The molecule has 0 atom stereocenters. The molecular weight excluding hydrogens is 304 g/mol. The number of carbonyl (C=O) groups excluding carboxylic acids is 1. The summed E-state index contributed by atoms with van der Waals surface area (Å²) in [6, 6.07) is 0. The standard InChI is InChI=1S/C18H32N4O2/c1-4-5-8-21-9-11-22(12-10-21)13-17-20-16(14-24-17)18(23)19-7-6-15(2)3/h14-15H,4-13H2,1-3H3,(H,19,23). The third-order valence-corrected chi connectivity index (χ3v) is 4.44. The fraction of sp³-hybridized carbons (Fsp3) is 0.778. The van der Waals surface area contributed by atoms with Crippen LogP contribution < -0.4 is 5.32 Å². The number of oxazole rings is 1. The molecule has 1 N–H and O–H groups in total. The van der Waals surface area contributed by atoms with E-state index in [1.807, 2.05) is 0 Å². The largest absolute Gasteiger partial charge is 0.447 e. The second-order valence-electron chi connectivity index (χ2n) is 7.04. The molecule has 136 valence electrons. The first-order valence-corrected chi connectivity index (χ1v) is 9.25. The minimum absolute atomic E-state index is 0.143. The molecule has 24 heavy (non-hydrogen) atoms. The van der Waals surface area contributed by atoms with E-state index in [1.165, 1.54) is 25.6 Å². The number of unbranched alkanes of at least 4 members (excludes halogenated alkanes) is 1. The van der Waals surface area contributed by atoms with Crippen LogP contribution in [0.25, 0.3) is 0 Å². The highest BCUT2D eigenvalue weighted by Crippen LogP contribution is 2.10. The second kappa shape index (κ2) is 9.79. The Morgan fingerprint density at radius 2 is 2.00 bits per heavy atom. The predicted octanol–water partition coefficient (Wildman–Crippen LogP) is 2.37. The Hall–Kier alpha value is -1.40. The number of carbonyl (C=O) groups is 1. The van der Waals surface area contributed by atoms with Gasteiger partial charge in [0.05, 0.1) is 6.54 Å². The molecule has 0 aliphatic carbocycles. The van der Waals surface area contributed by atoms with Crippen molar-refractivity contribution in [2.75, 3.05) is 39.3 Å². The average Bonchev–Trinajstić information content (AvgIpc) is 3.02. The molecule has 0 unspecified atom stereocenters. The highest BCUT2D eigenvalue weighted by atomic mass is 16.3. The minimum atomic E-state index is -0.143. The Labute approximate surface area is 145 Å². The van der Waals surface area contributed by atoms with Crippen LogP contribution in [0, 0.1) is 5.92 Å². The van der Waals surface area contributed by atoms with Crippen LogP contribution in [0.15, 0.2) is 10.7 Å². The van der Waals surface area contributed by atoms with Crippen LogP contribution >= 0.6 is 0 Å². The molecule has 1 aromatic rings. The molecule has 1 aromatic heterocycles. The van der Waals surface area contributed by atoms with Gasteiger partial charge in [0.25, 0.3) is 5.91 Å². The van der Waals surface area contributed by atoms with Crippen LogP contribution in [0.5, 0.6) is 0 Å². The molecule has 0 spiro atoms. The van der Waals surface area contributed by atoms with Crippen LogP contribution in [0.3, 0.4) is 0 Å². The molecule has 1 aliphatic heterocycles. The van der Waals surface area contributed by atoms with Gasteiger partial charge in [-0.3, -0.25) is 9.69 Å². The zero-order valence-electron chi connectivity index (χ0n) is 15.4. The lowest BCUT2D eigenvalue weighted by Crippen LogP contribution is -2.46. The van der Waals surface area contributed by atoms with E-state index in [-0.39, 0.29) is 5.91 Å². The van der Waals surface area contributed by atoms with Crippen molar-refractivity contribution in [1.29, 1.82) is 0 Å². The van der Waals surface area contributed by atoms with E-state index < -0.39 is 0 Å². The number of rotatable bonds is 9. The summed E-state index contributed by atoms with van der Waals surface area (Å²) < 4.78 is 5.48. The maximum absolute atomic E-state index is 12.0. The summed E-state index contributed by atoms with van der Waals surface area (Å²) >= 11 is 0. The number of piperazine rings is 1. The van der Waals surface area contributed by atoms with Gasteiger partial charge >= 0.3 is 0 Å². The van der Waals surface area contributed by atoms with Crippen molar-refractivity contribution in [3.63, 3.8) is 0 Å². The smallest absolute Gasteiger partial charge is 0.273 e. The third kappa shape index (κ3) is 6.24. The molecule has 2 heterocycles. The first kappa shape index (κ1) is 18.9. The van der Waals surface area contributed by atoms with Crippen molar-refractivity contribution in [3.05, 3.63) is 17.8 Å². The minimum Gasteiger partial charge on any atom is -0.447 e. The van der Waals surface area contributed by atoms with Crippen LogP contribution in [0.4, 0.5) is 0 Å². The fourth-order valence-corrected chi connectivity index (χ4v) is 2.80. The Morgan fingerprint density at radius 1 is 1.29 bits per heavy atom. The summed E-state index contributed by atoms with van der Waals surface area (Å²) in [5.74, 6) is 1.07. The summed E-state index contributed by atoms with van der Waals surface area (Å²) in [4.78, 5) is 21.2. The van der Waals surface area contributed by atoms with Crippen molar-refractivity contribution < 1.29 is 9.21 Å². The molecule has 1 saturated heterocycles. The zero-order valence-corrected chi connectivity index (χ0v) is 15.4. The lowest BCUT2D eigenvalue weighted by Gasteiger charge is -2.33. The molecule has 0 bridgehead atoms. The molecular formula is C18H32N4O2. The Morgan fingerprint density at radius 3 is 2.67 bits per heavy atom. The molecule has 1 amide bonds. The van der Waals surface area contributed by atoms with E-state index in [9.17, 15) is 4.79 Å². The van der Waals surface area contributed by atoms with Crippen molar-refractivity contribution in [1.82, 2.24) is 20.1 Å². The van der Waals surface area contributed by atoms with Crippen molar-refractivity contribution in [2.24, 2.45) is 5.92 Å². The number of aromatic nitrogens is 1. The summed E-state index contributed by atoms with van der Waals surface area (Å²) in [5, 5.41) is 2.89. The summed E-state index contributed by atoms with van der Waals surface area (Å²) in [5.41, 5.74) is 0.385. The van der Waals surface area contributed by atoms with Crippen LogP contribution in [-0.4, -0.2) is 60.0 Å². The van der Waals surface area contributed by atoms with E-state index in [1.54, 1.807) is 0 Å². The van der Waals surface area contributed by atoms with Gasteiger partial charge in [0, 0.05) is 32.7 Å². The Bertz CT molecular complexity index is 493. The molecule has 0 aromatic carbocycles. The molecule has 1 fully saturated rings. The van der Waals surface area contributed by atoms with Crippen LogP contribution in [0.2, 0.25) is 0 Å². The van der Waals surface area contributed by atoms with Gasteiger partial charge in [-0.05, 0) is 25.3 Å².